The number of halogens is 3. The monoisotopic (exact) mass is 479 g/mol. The number of carbonyl (C=O) groups is 1. The Hall–Kier alpha value is -3.55. The highest BCUT2D eigenvalue weighted by atomic mass is 35.5. The molecule has 0 aliphatic carbocycles. The van der Waals surface area contributed by atoms with Gasteiger partial charge in [0.1, 0.15) is 17.3 Å². The summed E-state index contributed by atoms with van der Waals surface area (Å²) in [5.41, 5.74) is 2.84. The molecule has 9 heteroatoms. The molecule has 0 unspecified atom stereocenters. The van der Waals surface area contributed by atoms with Crippen LogP contribution in [0.15, 0.2) is 61.1 Å². The molecular formula is C24H16Cl2FN5O. The Kier molecular flexibility index (Phi) is 5.66. The second-order valence-electron chi connectivity index (χ2n) is 7.52. The number of pyridine rings is 1. The van der Waals surface area contributed by atoms with Crippen LogP contribution >= 0.6 is 23.2 Å². The van der Waals surface area contributed by atoms with E-state index < -0.39 is 11.7 Å². The minimum Gasteiger partial charge on any atom is -0.360 e. The number of hydrogen-bond acceptors (Lipinski definition) is 4. The van der Waals surface area contributed by atoms with E-state index in [1.165, 1.54) is 18.3 Å². The van der Waals surface area contributed by atoms with Crippen LogP contribution in [0.1, 0.15) is 27.4 Å². The zero-order valence-electron chi connectivity index (χ0n) is 17.1. The lowest BCUT2D eigenvalue weighted by Crippen LogP contribution is -2.24. The highest BCUT2D eigenvalue weighted by Gasteiger charge is 2.13. The van der Waals surface area contributed by atoms with Crippen LogP contribution in [0, 0.1) is 5.82 Å². The number of H-pyrrole nitrogens is 1. The molecule has 0 fully saturated rings. The van der Waals surface area contributed by atoms with Crippen LogP contribution in [-0.4, -0.2) is 25.8 Å². The molecule has 164 valence electrons. The average Bonchev–Trinajstić information content (AvgIpc) is 3.16. The first-order chi connectivity index (χ1) is 16.0. The quantitative estimate of drug-likeness (QED) is 0.349. The molecule has 5 aromatic rings. The highest BCUT2D eigenvalue weighted by molar-refractivity contribution is 6.35. The van der Waals surface area contributed by atoms with Crippen molar-refractivity contribution < 1.29 is 9.18 Å². The summed E-state index contributed by atoms with van der Waals surface area (Å²) >= 11 is 12.2. The highest BCUT2D eigenvalue weighted by Crippen LogP contribution is 2.26. The molecule has 2 aromatic carbocycles. The second kappa shape index (κ2) is 8.77. The number of carbonyl (C=O) groups excluding carboxylic acids is 1. The number of rotatable bonds is 5. The van der Waals surface area contributed by atoms with Gasteiger partial charge >= 0.3 is 0 Å². The Morgan fingerprint density at radius 2 is 1.97 bits per heavy atom. The predicted octanol–water partition coefficient (Wildman–Crippen LogP) is 5.47. The Balaban J connectivity index is 1.31. The number of benzene rings is 2. The molecule has 0 atom stereocenters. The van der Waals surface area contributed by atoms with Crippen LogP contribution in [0.2, 0.25) is 10.0 Å². The number of nitrogens with zero attached hydrogens (tertiary/aromatic N) is 3. The van der Waals surface area contributed by atoms with Crippen LogP contribution in [0.4, 0.5) is 4.39 Å². The lowest BCUT2D eigenvalue weighted by atomic mass is 10.1. The molecule has 0 aliphatic heterocycles. The van der Waals surface area contributed by atoms with E-state index in [1.54, 1.807) is 24.5 Å². The lowest BCUT2D eigenvalue weighted by molar-refractivity contribution is 0.0945. The molecule has 0 aliphatic rings. The van der Waals surface area contributed by atoms with Gasteiger partial charge in [-0.3, -0.25) is 9.78 Å². The van der Waals surface area contributed by atoms with Gasteiger partial charge in [-0.2, -0.15) is 0 Å². The summed E-state index contributed by atoms with van der Waals surface area (Å²) in [6, 6.07) is 11.9. The van der Waals surface area contributed by atoms with E-state index in [9.17, 15) is 9.18 Å². The summed E-state index contributed by atoms with van der Waals surface area (Å²) in [4.78, 5) is 28.6. The number of aromatic amines is 1. The zero-order chi connectivity index (χ0) is 22.9. The smallest absolute Gasteiger partial charge is 0.270 e. The third-order valence-corrected chi connectivity index (χ3v) is 5.79. The molecule has 0 radical (unpaired) electrons. The third kappa shape index (κ3) is 4.51. The van der Waals surface area contributed by atoms with Crippen molar-refractivity contribution in [3.63, 3.8) is 0 Å². The average molecular weight is 480 g/mol. The largest absolute Gasteiger partial charge is 0.360 e. The van der Waals surface area contributed by atoms with Gasteiger partial charge in [0.2, 0.25) is 0 Å². The van der Waals surface area contributed by atoms with Crippen molar-refractivity contribution in [3.05, 3.63) is 99.6 Å². The maximum Gasteiger partial charge on any atom is 0.270 e. The molecular weight excluding hydrogens is 464 g/mol. The maximum absolute atomic E-state index is 14.4. The normalized spacial score (nSPS) is 11.2. The summed E-state index contributed by atoms with van der Waals surface area (Å²) in [7, 11) is 0. The van der Waals surface area contributed by atoms with Crippen LogP contribution in [-0.2, 0) is 13.0 Å². The SMILES string of the molecule is O=C(NCc1cc2c(Cl)c[nH]c2cc1F)c1ccnc(Cc2cnc3ccc(Cl)cc3c2)n1. The molecule has 0 saturated heterocycles. The van der Waals surface area contributed by atoms with Gasteiger partial charge < -0.3 is 10.3 Å². The Labute approximate surface area is 197 Å². The first-order valence-corrected chi connectivity index (χ1v) is 10.8. The number of nitrogens with one attached hydrogen (secondary N) is 2. The van der Waals surface area contributed by atoms with Gasteiger partial charge in [0.25, 0.3) is 5.91 Å². The molecule has 33 heavy (non-hydrogen) atoms. The fraction of sp³-hybridized carbons (Fsp3) is 0.0833. The van der Waals surface area contributed by atoms with Crippen LogP contribution in [0.5, 0.6) is 0 Å². The van der Waals surface area contributed by atoms with E-state index in [0.29, 0.717) is 38.8 Å². The van der Waals surface area contributed by atoms with Crippen molar-refractivity contribution in [1.82, 2.24) is 25.3 Å². The molecule has 0 bridgehead atoms. The van der Waals surface area contributed by atoms with Crippen molar-refractivity contribution in [1.29, 1.82) is 0 Å². The Morgan fingerprint density at radius 1 is 1.09 bits per heavy atom. The summed E-state index contributed by atoms with van der Waals surface area (Å²) in [5, 5.41) is 5.43. The van der Waals surface area contributed by atoms with Gasteiger partial charge in [-0.15, -0.1) is 0 Å². The summed E-state index contributed by atoms with van der Waals surface area (Å²) in [6.07, 6.45) is 5.26. The summed E-state index contributed by atoms with van der Waals surface area (Å²) in [6.45, 7) is -0.00317. The van der Waals surface area contributed by atoms with E-state index in [1.807, 2.05) is 18.2 Å². The fourth-order valence-electron chi connectivity index (χ4n) is 3.59. The number of aromatic nitrogens is 4. The van der Waals surface area contributed by atoms with Crippen molar-refractivity contribution in [2.75, 3.05) is 0 Å². The molecule has 3 heterocycles. The van der Waals surface area contributed by atoms with Crippen LogP contribution in [0.3, 0.4) is 0 Å². The van der Waals surface area contributed by atoms with Gasteiger partial charge in [0.15, 0.2) is 0 Å². The molecule has 5 rings (SSSR count). The number of hydrogen-bond donors (Lipinski definition) is 2. The van der Waals surface area contributed by atoms with Gasteiger partial charge in [-0.25, -0.2) is 14.4 Å². The molecule has 3 aromatic heterocycles. The van der Waals surface area contributed by atoms with Gasteiger partial charge in [-0.1, -0.05) is 23.2 Å². The first-order valence-electron chi connectivity index (χ1n) is 10.1. The molecule has 0 saturated carbocycles. The van der Waals surface area contributed by atoms with Gasteiger partial charge in [-0.05, 0) is 48.0 Å². The summed E-state index contributed by atoms with van der Waals surface area (Å²) in [5.74, 6) is -0.395. The van der Waals surface area contributed by atoms with Gasteiger partial charge in [0, 0.05) is 58.4 Å². The Morgan fingerprint density at radius 3 is 2.85 bits per heavy atom. The van der Waals surface area contributed by atoms with E-state index in [4.69, 9.17) is 23.2 Å². The van der Waals surface area contributed by atoms with Crippen LogP contribution in [0.25, 0.3) is 21.8 Å². The predicted molar refractivity (Wildman–Crippen MR) is 126 cm³/mol. The van der Waals surface area contributed by atoms with E-state index in [0.717, 1.165) is 16.5 Å². The first kappa shape index (κ1) is 21.3. The minimum absolute atomic E-state index is 0.00317. The Bertz CT molecular complexity index is 1520. The standard InChI is InChI=1S/C24H16Cl2FN5O/c25-16-1-2-20-14(7-16)5-13(10-29-20)6-23-28-4-3-21(32-23)24(33)31-11-15-8-17-18(26)12-30-22(17)9-19(15)27/h1-5,7-10,12,30H,6,11H2,(H,31,33). The number of amides is 1. The van der Waals surface area contributed by atoms with Crippen molar-refractivity contribution in [2.45, 2.75) is 13.0 Å². The molecule has 2 N–H and O–H groups in total. The van der Waals surface area contributed by atoms with Gasteiger partial charge in [0.05, 0.1) is 10.5 Å². The third-order valence-electron chi connectivity index (χ3n) is 5.24. The van der Waals surface area contributed by atoms with E-state index >= 15 is 0 Å². The fourth-order valence-corrected chi connectivity index (χ4v) is 3.98. The number of fused-ring (bicyclic) bond motifs is 2. The van der Waals surface area contributed by atoms with Crippen molar-refractivity contribution in [3.8, 4) is 0 Å². The molecule has 1 amide bonds. The topological polar surface area (TPSA) is 83.6 Å². The second-order valence-corrected chi connectivity index (χ2v) is 8.37. The minimum atomic E-state index is -0.436. The summed E-state index contributed by atoms with van der Waals surface area (Å²) < 4.78 is 14.4. The van der Waals surface area contributed by atoms with Crippen molar-refractivity contribution >= 4 is 50.9 Å². The van der Waals surface area contributed by atoms with E-state index in [2.05, 4.69) is 25.3 Å². The molecule has 6 nitrogen and oxygen atoms in total. The lowest BCUT2D eigenvalue weighted by Gasteiger charge is -2.08. The van der Waals surface area contributed by atoms with Crippen molar-refractivity contribution in [2.24, 2.45) is 0 Å². The van der Waals surface area contributed by atoms with Crippen LogP contribution < -0.4 is 5.32 Å². The maximum atomic E-state index is 14.4. The van der Waals surface area contributed by atoms with E-state index in [-0.39, 0.29) is 12.2 Å². The molecule has 0 spiro atoms. The zero-order valence-corrected chi connectivity index (χ0v) is 18.6.